The van der Waals surface area contributed by atoms with Crippen molar-refractivity contribution in [1.29, 1.82) is 0 Å². The topological polar surface area (TPSA) is 141 Å². The summed E-state index contributed by atoms with van der Waals surface area (Å²) in [6.07, 6.45) is 0. The maximum Gasteiger partial charge on any atom is 0.327 e. The summed E-state index contributed by atoms with van der Waals surface area (Å²) in [6, 6.07) is 0. The van der Waals surface area contributed by atoms with Crippen LogP contribution in [0, 0.1) is 0 Å². The van der Waals surface area contributed by atoms with Gasteiger partial charge in [-0.2, -0.15) is 0 Å². The fraction of sp³-hybridized carbons (Fsp3) is 0.125. The number of hydrogen-bond donors (Lipinski definition) is 4. The number of aromatic amines is 3. The molecule has 0 aromatic carbocycles. The van der Waals surface area contributed by atoms with Crippen LogP contribution in [0.4, 0.5) is 0 Å². The predicted octanol–water partition coefficient (Wildman–Crippen LogP) is -2.34. The van der Waals surface area contributed by atoms with E-state index in [1.807, 2.05) is 4.98 Å². The summed E-state index contributed by atoms with van der Waals surface area (Å²) in [5, 5.41) is 2.22. The van der Waals surface area contributed by atoms with Gasteiger partial charge in [-0.1, -0.05) is 0 Å². The maximum absolute atomic E-state index is 11.4. The van der Waals surface area contributed by atoms with Crippen LogP contribution in [0.5, 0.6) is 0 Å². The number of carbonyl (C=O) groups is 1. The van der Waals surface area contributed by atoms with Crippen molar-refractivity contribution < 1.29 is 4.79 Å². The van der Waals surface area contributed by atoms with Crippen LogP contribution in [-0.2, 0) is 0 Å². The molecule has 0 saturated heterocycles. The molecule has 2 aromatic heterocycles. The number of carbonyl (C=O) groups excluding carboxylic acids is 1. The van der Waals surface area contributed by atoms with Crippen LogP contribution in [0.3, 0.4) is 0 Å². The Morgan fingerprint density at radius 2 is 1.82 bits per heavy atom. The van der Waals surface area contributed by atoms with Crippen molar-refractivity contribution in [2.45, 2.75) is 0 Å². The highest BCUT2D eigenvalue weighted by Crippen LogP contribution is 1.94. The van der Waals surface area contributed by atoms with Crippen molar-refractivity contribution in [3.8, 4) is 0 Å². The van der Waals surface area contributed by atoms with Gasteiger partial charge in [-0.25, -0.2) is 9.78 Å². The number of hydrogen-bond acceptors (Lipinski definition) is 5. The molecule has 0 bridgehead atoms. The zero-order valence-electron chi connectivity index (χ0n) is 8.58. The van der Waals surface area contributed by atoms with Gasteiger partial charge in [-0.15, -0.1) is 0 Å². The lowest BCUT2D eigenvalue weighted by Crippen LogP contribution is -2.32. The van der Waals surface area contributed by atoms with Gasteiger partial charge in [0.1, 0.15) is 0 Å². The van der Waals surface area contributed by atoms with Gasteiger partial charge in [-0.05, 0) is 0 Å². The minimum atomic E-state index is -0.811. The van der Waals surface area contributed by atoms with Crippen LogP contribution in [0.15, 0.2) is 14.4 Å². The molecule has 17 heavy (non-hydrogen) atoms. The SMILES string of the molecule is CNC(=O)c1nc2[nH]c(=O)[nH]c(=O)c2[nH]c1=O. The van der Waals surface area contributed by atoms with Crippen molar-refractivity contribution in [3.05, 3.63) is 36.9 Å². The molecule has 88 valence electrons. The molecular formula is C8H7N5O4. The monoisotopic (exact) mass is 237 g/mol. The number of nitrogens with one attached hydrogen (secondary N) is 4. The van der Waals surface area contributed by atoms with Crippen LogP contribution in [-0.4, -0.2) is 32.9 Å². The molecule has 0 radical (unpaired) electrons. The molecule has 4 N–H and O–H groups in total. The van der Waals surface area contributed by atoms with E-state index in [0.717, 1.165) is 0 Å². The summed E-state index contributed by atoms with van der Waals surface area (Å²) in [4.78, 5) is 55.0. The third-order valence-corrected chi connectivity index (χ3v) is 2.04. The summed E-state index contributed by atoms with van der Waals surface area (Å²) >= 11 is 0. The third kappa shape index (κ3) is 1.73. The molecule has 2 aromatic rings. The normalized spacial score (nSPS) is 10.4. The number of aromatic nitrogens is 4. The van der Waals surface area contributed by atoms with E-state index < -0.39 is 28.4 Å². The van der Waals surface area contributed by atoms with Crippen molar-refractivity contribution in [2.75, 3.05) is 7.05 Å². The largest absolute Gasteiger partial charge is 0.354 e. The number of fused-ring (bicyclic) bond motifs is 1. The van der Waals surface area contributed by atoms with Crippen LogP contribution in [0.25, 0.3) is 11.2 Å². The second-order valence-corrected chi connectivity index (χ2v) is 3.13. The van der Waals surface area contributed by atoms with E-state index in [9.17, 15) is 19.2 Å². The molecule has 0 fully saturated rings. The van der Waals surface area contributed by atoms with E-state index in [4.69, 9.17) is 0 Å². The Morgan fingerprint density at radius 1 is 1.12 bits per heavy atom. The van der Waals surface area contributed by atoms with Gasteiger partial charge in [0.05, 0.1) is 0 Å². The molecule has 0 aliphatic carbocycles. The highest BCUT2D eigenvalue weighted by molar-refractivity contribution is 5.92. The first kappa shape index (κ1) is 10.8. The number of nitrogens with zero attached hydrogens (tertiary/aromatic N) is 1. The van der Waals surface area contributed by atoms with E-state index in [2.05, 4.69) is 20.3 Å². The van der Waals surface area contributed by atoms with Crippen molar-refractivity contribution in [3.63, 3.8) is 0 Å². The molecule has 0 spiro atoms. The average Bonchev–Trinajstić information content (AvgIpc) is 2.28. The molecule has 0 atom stereocenters. The fourth-order valence-electron chi connectivity index (χ4n) is 1.28. The minimum Gasteiger partial charge on any atom is -0.354 e. The lowest BCUT2D eigenvalue weighted by Gasteiger charge is -1.99. The Morgan fingerprint density at radius 3 is 2.47 bits per heavy atom. The summed E-state index contributed by atoms with van der Waals surface area (Å²) < 4.78 is 0. The molecule has 1 amide bonds. The molecule has 2 rings (SSSR count). The smallest absolute Gasteiger partial charge is 0.327 e. The first-order chi connectivity index (χ1) is 8.02. The van der Waals surface area contributed by atoms with Crippen molar-refractivity contribution in [1.82, 2.24) is 25.3 Å². The summed E-state index contributed by atoms with van der Waals surface area (Å²) in [7, 11) is 1.33. The molecular weight excluding hydrogens is 230 g/mol. The quantitative estimate of drug-likeness (QED) is 0.439. The number of rotatable bonds is 1. The highest BCUT2D eigenvalue weighted by Gasteiger charge is 2.13. The van der Waals surface area contributed by atoms with Crippen molar-refractivity contribution in [2.24, 2.45) is 0 Å². The molecule has 9 heteroatoms. The predicted molar refractivity (Wildman–Crippen MR) is 57.0 cm³/mol. The van der Waals surface area contributed by atoms with Gasteiger partial charge in [0.2, 0.25) is 0 Å². The summed E-state index contributed by atoms with van der Waals surface area (Å²) in [5.74, 6) is -0.714. The van der Waals surface area contributed by atoms with Gasteiger partial charge >= 0.3 is 5.69 Å². The first-order valence-electron chi connectivity index (χ1n) is 4.51. The Labute approximate surface area is 91.9 Å². The highest BCUT2D eigenvalue weighted by atomic mass is 16.2. The Kier molecular flexibility index (Phi) is 2.35. The van der Waals surface area contributed by atoms with Gasteiger partial charge in [0, 0.05) is 7.05 Å². The van der Waals surface area contributed by atoms with Crippen LogP contribution < -0.4 is 22.1 Å². The van der Waals surface area contributed by atoms with Crippen LogP contribution in [0.1, 0.15) is 10.5 Å². The Hall–Kier alpha value is -2.71. The van der Waals surface area contributed by atoms with E-state index >= 15 is 0 Å². The van der Waals surface area contributed by atoms with E-state index in [1.54, 1.807) is 0 Å². The molecule has 0 aliphatic rings. The van der Waals surface area contributed by atoms with Crippen LogP contribution >= 0.6 is 0 Å². The Balaban J connectivity index is 2.90. The second kappa shape index (κ2) is 3.70. The Bertz CT molecular complexity index is 768. The van der Waals surface area contributed by atoms with Crippen molar-refractivity contribution >= 4 is 17.1 Å². The molecule has 0 unspecified atom stereocenters. The van der Waals surface area contributed by atoms with Gasteiger partial charge in [-0.3, -0.25) is 24.4 Å². The lowest BCUT2D eigenvalue weighted by molar-refractivity contribution is 0.0957. The first-order valence-corrected chi connectivity index (χ1v) is 4.51. The summed E-state index contributed by atoms with van der Waals surface area (Å²) in [6.45, 7) is 0. The number of amides is 1. The van der Waals surface area contributed by atoms with Gasteiger partial charge < -0.3 is 10.3 Å². The zero-order valence-corrected chi connectivity index (χ0v) is 8.58. The maximum atomic E-state index is 11.4. The molecule has 0 saturated carbocycles. The van der Waals surface area contributed by atoms with Crippen LogP contribution in [0.2, 0.25) is 0 Å². The van der Waals surface area contributed by atoms with E-state index in [-0.39, 0.29) is 11.2 Å². The second-order valence-electron chi connectivity index (χ2n) is 3.13. The number of H-pyrrole nitrogens is 3. The third-order valence-electron chi connectivity index (χ3n) is 2.04. The minimum absolute atomic E-state index is 0.156. The zero-order chi connectivity index (χ0) is 12.6. The average molecular weight is 237 g/mol. The molecule has 9 nitrogen and oxygen atoms in total. The molecule has 0 aliphatic heterocycles. The summed E-state index contributed by atoms with van der Waals surface area (Å²) in [5.41, 5.74) is -3.14. The standard InChI is InChI=1S/C8H7N5O4/c1-9-5(14)3-7(16)11-2-4(10-3)12-8(17)13-6(2)15/h1H3,(H,9,14)(H,11,16)(H2,10,12,13,15,17). The lowest BCUT2D eigenvalue weighted by atomic mass is 10.4. The van der Waals surface area contributed by atoms with Gasteiger partial charge in [0.25, 0.3) is 17.0 Å². The molecule has 2 heterocycles. The fourth-order valence-corrected chi connectivity index (χ4v) is 1.28. The van der Waals surface area contributed by atoms with E-state index in [0.29, 0.717) is 0 Å². The van der Waals surface area contributed by atoms with Gasteiger partial charge in [0.15, 0.2) is 16.9 Å². The van der Waals surface area contributed by atoms with E-state index in [1.165, 1.54) is 7.05 Å².